The van der Waals surface area contributed by atoms with Crippen molar-refractivity contribution in [3.8, 4) is 0 Å². The van der Waals surface area contributed by atoms with Crippen molar-refractivity contribution < 1.29 is 38.2 Å². The first kappa shape index (κ1) is 48.8. The smallest absolute Gasteiger partial charge is 0.306 e. The van der Waals surface area contributed by atoms with E-state index >= 15 is 0 Å². The van der Waals surface area contributed by atoms with E-state index in [1.165, 1.54) is 83.5 Å². The van der Waals surface area contributed by atoms with Crippen LogP contribution in [0, 0.1) is 0 Å². The number of ether oxygens (including phenoxy) is 3. The van der Waals surface area contributed by atoms with Crippen molar-refractivity contribution >= 4 is 17.9 Å². The molecule has 0 bridgehead atoms. The lowest BCUT2D eigenvalue weighted by Crippen LogP contribution is -2.55. The zero-order valence-electron chi connectivity index (χ0n) is 33.8. The Morgan fingerprint density at radius 1 is 0.588 bits per heavy atom. The van der Waals surface area contributed by atoms with Gasteiger partial charge >= 0.3 is 11.9 Å². The van der Waals surface area contributed by atoms with Crippen LogP contribution in [0.3, 0.4) is 0 Å². The number of unbranched alkanes of at least 4 members (excludes halogenated alkanes) is 19. The number of hydrogen-bond acceptors (Lipinski definition) is 7. The first-order valence-corrected chi connectivity index (χ1v) is 20.9. The van der Waals surface area contributed by atoms with Crippen LogP contribution in [0.25, 0.3) is 0 Å². The van der Waals surface area contributed by atoms with E-state index in [0.29, 0.717) is 12.8 Å². The number of allylic oxidation sites excluding steroid dienone is 4. The topological polar surface area (TPSA) is 102 Å². The van der Waals surface area contributed by atoms with Crippen molar-refractivity contribution in [3.63, 3.8) is 0 Å². The van der Waals surface area contributed by atoms with Crippen molar-refractivity contribution in [1.29, 1.82) is 0 Å². The zero-order valence-corrected chi connectivity index (χ0v) is 33.8. The maximum absolute atomic E-state index is 12.7. The SMILES string of the molecule is CCCC/C=C\C/C=C\CCCCCCCC(=O)OC(COCCC(C(=O)[O-])[N+](C)(C)C)COC(=O)CCCCCCCCCCCCCCC. The molecule has 298 valence electrons. The van der Waals surface area contributed by atoms with E-state index in [9.17, 15) is 19.5 Å². The summed E-state index contributed by atoms with van der Waals surface area (Å²) in [5.41, 5.74) is 0. The molecule has 2 atom stereocenters. The van der Waals surface area contributed by atoms with Gasteiger partial charge in [0.1, 0.15) is 12.6 Å². The Morgan fingerprint density at radius 2 is 1.06 bits per heavy atom. The summed E-state index contributed by atoms with van der Waals surface area (Å²) in [4.78, 5) is 36.7. The fraction of sp³-hybridized carbons (Fsp3) is 0.837. The van der Waals surface area contributed by atoms with Crippen molar-refractivity contribution in [3.05, 3.63) is 24.3 Å². The Balaban J connectivity index is 4.39. The van der Waals surface area contributed by atoms with Gasteiger partial charge in [0.15, 0.2) is 6.10 Å². The highest BCUT2D eigenvalue weighted by molar-refractivity contribution is 5.70. The van der Waals surface area contributed by atoms with Crippen LogP contribution in [-0.4, -0.2) is 75.5 Å². The maximum Gasteiger partial charge on any atom is 0.306 e. The summed E-state index contributed by atoms with van der Waals surface area (Å²) < 4.78 is 17.1. The molecule has 0 aromatic heterocycles. The highest BCUT2D eigenvalue weighted by Crippen LogP contribution is 2.14. The van der Waals surface area contributed by atoms with Crippen molar-refractivity contribution in [2.75, 3.05) is 41.0 Å². The van der Waals surface area contributed by atoms with E-state index in [4.69, 9.17) is 14.2 Å². The number of carbonyl (C=O) groups is 3. The molecule has 8 nitrogen and oxygen atoms in total. The van der Waals surface area contributed by atoms with Gasteiger partial charge in [0.25, 0.3) is 0 Å². The predicted molar refractivity (Wildman–Crippen MR) is 208 cm³/mol. The van der Waals surface area contributed by atoms with E-state index < -0.39 is 18.1 Å². The van der Waals surface area contributed by atoms with Gasteiger partial charge in [-0.3, -0.25) is 9.59 Å². The summed E-state index contributed by atoms with van der Waals surface area (Å²) in [6.07, 6.45) is 36.2. The quantitative estimate of drug-likeness (QED) is 0.0273. The highest BCUT2D eigenvalue weighted by Gasteiger charge is 2.25. The largest absolute Gasteiger partial charge is 0.544 e. The summed E-state index contributed by atoms with van der Waals surface area (Å²) in [6, 6.07) is -0.724. The van der Waals surface area contributed by atoms with Gasteiger partial charge < -0.3 is 28.6 Å². The van der Waals surface area contributed by atoms with Crippen molar-refractivity contribution in [1.82, 2.24) is 0 Å². The van der Waals surface area contributed by atoms with Gasteiger partial charge in [0.2, 0.25) is 0 Å². The van der Waals surface area contributed by atoms with Crippen LogP contribution in [0.15, 0.2) is 24.3 Å². The molecule has 0 radical (unpaired) electrons. The minimum absolute atomic E-state index is 0.0384. The van der Waals surface area contributed by atoms with Gasteiger partial charge in [-0.2, -0.15) is 0 Å². The molecule has 0 amide bonds. The number of aliphatic carboxylic acids is 1. The van der Waals surface area contributed by atoms with E-state index in [1.807, 2.05) is 0 Å². The third kappa shape index (κ3) is 33.4. The molecule has 0 aliphatic carbocycles. The first-order chi connectivity index (χ1) is 24.6. The number of likely N-dealkylation sites (N-methyl/N-ethyl adjacent to an activating group) is 1. The minimum Gasteiger partial charge on any atom is -0.544 e. The lowest BCUT2D eigenvalue weighted by Gasteiger charge is -2.34. The molecule has 0 N–H and O–H groups in total. The Kier molecular flexibility index (Phi) is 33.4. The molecule has 0 aromatic rings. The molecule has 0 saturated heterocycles. The van der Waals surface area contributed by atoms with Crippen LogP contribution in [0.4, 0.5) is 0 Å². The number of carboxylic acid groups (broad SMARTS) is 1. The third-order valence-corrected chi connectivity index (χ3v) is 9.34. The monoisotopic (exact) mass is 722 g/mol. The molecule has 0 heterocycles. The molecular formula is C43H79NO7. The fourth-order valence-corrected chi connectivity index (χ4v) is 6.03. The average Bonchev–Trinajstić information content (AvgIpc) is 3.08. The molecule has 51 heavy (non-hydrogen) atoms. The molecule has 0 saturated carbocycles. The number of quaternary nitrogens is 1. The fourth-order valence-electron chi connectivity index (χ4n) is 6.03. The second-order valence-corrected chi connectivity index (χ2v) is 15.2. The number of esters is 2. The normalized spacial score (nSPS) is 13.2. The molecule has 0 rings (SSSR count). The Hall–Kier alpha value is -2.19. The number of nitrogens with zero attached hydrogens (tertiary/aromatic N) is 1. The van der Waals surface area contributed by atoms with E-state index in [1.54, 1.807) is 21.1 Å². The zero-order chi connectivity index (χ0) is 37.8. The van der Waals surface area contributed by atoms with Crippen LogP contribution in [0.5, 0.6) is 0 Å². The molecule has 0 aliphatic heterocycles. The van der Waals surface area contributed by atoms with Gasteiger partial charge in [-0.05, 0) is 38.5 Å². The van der Waals surface area contributed by atoms with Crippen LogP contribution < -0.4 is 5.11 Å². The Labute approximate surface area is 313 Å². The summed E-state index contributed by atoms with van der Waals surface area (Å²) in [5.74, 6) is -1.75. The number of hydrogen-bond donors (Lipinski definition) is 0. The number of carbonyl (C=O) groups excluding carboxylic acids is 3. The minimum atomic E-state index is -1.13. The lowest BCUT2D eigenvalue weighted by atomic mass is 10.0. The molecule has 0 spiro atoms. The van der Waals surface area contributed by atoms with Gasteiger partial charge in [-0.1, -0.05) is 147 Å². The third-order valence-electron chi connectivity index (χ3n) is 9.34. The highest BCUT2D eigenvalue weighted by atomic mass is 16.6. The van der Waals surface area contributed by atoms with Crippen LogP contribution in [0.1, 0.15) is 181 Å². The van der Waals surface area contributed by atoms with Crippen LogP contribution in [0.2, 0.25) is 0 Å². The summed E-state index contributed by atoms with van der Waals surface area (Å²) in [5, 5.41) is 11.6. The second-order valence-electron chi connectivity index (χ2n) is 15.2. The Bertz CT molecular complexity index is 895. The first-order valence-electron chi connectivity index (χ1n) is 20.9. The lowest BCUT2D eigenvalue weighted by molar-refractivity contribution is -0.889. The van der Waals surface area contributed by atoms with Crippen molar-refractivity contribution in [2.45, 2.75) is 193 Å². The molecular weight excluding hydrogens is 642 g/mol. The summed E-state index contributed by atoms with van der Waals surface area (Å²) in [6.45, 7) is 4.61. The standard InChI is InChI=1S/C43H79NO7/c1-6-8-10-12-14-16-18-20-22-24-26-28-30-32-34-42(46)51-39(37-49-36-35-40(43(47)48)44(3,4)5)38-50-41(45)33-31-29-27-25-23-21-19-17-15-13-11-9-7-2/h12,14,18,20,39-40H,6-11,13,15-17,19,21-38H2,1-5H3/b14-12-,20-18-. The van der Waals surface area contributed by atoms with E-state index in [-0.39, 0.29) is 42.7 Å². The van der Waals surface area contributed by atoms with E-state index in [2.05, 4.69) is 38.2 Å². The van der Waals surface area contributed by atoms with Crippen LogP contribution >= 0.6 is 0 Å². The number of carboxylic acids is 1. The predicted octanol–water partition coefficient (Wildman–Crippen LogP) is 9.58. The van der Waals surface area contributed by atoms with Gasteiger partial charge in [-0.15, -0.1) is 0 Å². The maximum atomic E-state index is 12.7. The molecule has 0 aliphatic rings. The molecule has 0 fully saturated rings. The Morgan fingerprint density at radius 3 is 1.57 bits per heavy atom. The average molecular weight is 722 g/mol. The van der Waals surface area contributed by atoms with Crippen molar-refractivity contribution in [2.24, 2.45) is 0 Å². The van der Waals surface area contributed by atoms with Gasteiger partial charge in [0, 0.05) is 19.3 Å². The van der Waals surface area contributed by atoms with Gasteiger partial charge in [-0.25, -0.2) is 0 Å². The van der Waals surface area contributed by atoms with Gasteiger partial charge in [0.05, 0.1) is 40.3 Å². The summed E-state index contributed by atoms with van der Waals surface area (Å²) >= 11 is 0. The molecule has 8 heteroatoms. The van der Waals surface area contributed by atoms with E-state index in [0.717, 1.165) is 64.2 Å². The molecule has 0 aromatic carbocycles. The number of rotatable bonds is 37. The van der Waals surface area contributed by atoms with Crippen LogP contribution in [-0.2, 0) is 28.6 Å². The second kappa shape index (κ2) is 34.9. The molecule has 2 unspecified atom stereocenters. The summed E-state index contributed by atoms with van der Waals surface area (Å²) in [7, 11) is 5.40.